The maximum Gasteiger partial charge on any atom is 0.328 e. The molecule has 0 aliphatic rings. The standard InChI is InChI=1S/C19H18N4O5/c1-28-19(25)16(8-12-10-21-15-5-3-2-4-13(12)15)22-18(24)11-6-7-14(20)17(9-11)23(26)27/h2-7,9-10,16,21H,8,20H2,1H3,(H,22,24). The van der Waals surface area contributed by atoms with Gasteiger partial charge in [-0.25, -0.2) is 4.79 Å². The molecule has 1 unspecified atom stereocenters. The summed E-state index contributed by atoms with van der Waals surface area (Å²) in [4.78, 5) is 38.2. The summed E-state index contributed by atoms with van der Waals surface area (Å²) in [6.07, 6.45) is 1.96. The number of carbonyl (C=O) groups excluding carboxylic acids is 2. The Kier molecular flexibility index (Phi) is 5.25. The SMILES string of the molecule is COC(=O)C(Cc1c[nH]c2ccccc12)NC(=O)c1ccc(N)c([N+](=O)[O-])c1. The average Bonchev–Trinajstić information content (AvgIpc) is 3.09. The van der Waals surface area contributed by atoms with E-state index in [2.05, 4.69) is 10.3 Å². The number of nitrogens with one attached hydrogen (secondary N) is 2. The number of aromatic amines is 1. The third-order valence-corrected chi connectivity index (χ3v) is 4.38. The number of fused-ring (bicyclic) bond motifs is 1. The second-order valence-electron chi connectivity index (χ2n) is 6.14. The highest BCUT2D eigenvalue weighted by atomic mass is 16.6. The predicted octanol–water partition coefficient (Wildman–Crippen LogP) is 2.17. The molecule has 1 aromatic heterocycles. The largest absolute Gasteiger partial charge is 0.467 e. The van der Waals surface area contributed by atoms with Gasteiger partial charge in [0.25, 0.3) is 11.6 Å². The molecule has 0 fully saturated rings. The van der Waals surface area contributed by atoms with Crippen molar-refractivity contribution in [1.82, 2.24) is 10.3 Å². The number of ether oxygens (including phenoxy) is 1. The van der Waals surface area contributed by atoms with Crippen LogP contribution in [-0.2, 0) is 16.0 Å². The molecule has 0 saturated heterocycles. The lowest BCUT2D eigenvalue weighted by Crippen LogP contribution is -2.43. The quantitative estimate of drug-likeness (QED) is 0.258. The number of nitrogens with zero attached hydrogens (tertiary/aromatic N) is 1. The van der Waals surface area contributed by atoms with Crippen LogP contribution in [0.15, 0.2) is 48.7 Å². The molecule has 0 bridgehead atoms. The van der Waals surface area contributed by atoms with Gasteiger partial charge in [0.15, 0.2) is 0 Å². The number of nitrogens with two attached hydrogens (primary N) is 1. The molecule has 0 spiro atoms. The summed E-state index contributed by atoms with van der Waals surface area (Å²) in [5, 5.41) is 14.5. The summed E-state index contributed by atoms with van der Waals surface area (Å²) in [7, 11) is 1.23. The number of para-hydroxylation sites is 1. The first-order valence-electron chi connectivity index (χ1n) is 8.38. The minimum Gasteiger partial charge on any atom is -0.467 e. The van der Waals surface area contributed by atoms with Gasteiger partial charge in [-0.1, -0.05) is 18.2 Å². The fourth-order valence-electron chi connectivity index (χ4n) is 2.94. The van der Waals surface area contributed by atoms with Gasteiger partial charge in [0.2, 0.25) is 0 Å². The van der Waals surface area contributed by atoms with Crippen LogP contribution < -0.4 is 11.1 Å². The van der Waals surface area contributed by atoms with Crippen LogP contribution >= 0.6 is 0 Å². The van der Waals surface area contributed by atoms with E-state index in [0.29, 0.717) is 0 Å². The molecule has 9 heteroatoms. The Morgan fingerprint density at radius 3 is 2.75 bits per heavy atom. The zero-order valence-corrected chi connectivity index (χ0v) is 15.0. The van der Waals surface area contributed by atoms with Gasteiger partial charge >= 0.3 is 5.97 Å². The van der Waals surface area contributed by atoms with Crippen LogP contribution in [0, 0.1) is 10.1 Å². The maximum absolute atomic E-state index is 12.6. The van der Waals surface area contributed by atoms with Crippen molar-refractivity contribution in [3.05, 3.63) is 69.9 Å². The third kappa shape index (κ3) is 3.78. The van der Waals surface area contributed by atoms with E-state index >= 15 is 0 Å². The molecule has 0 radical (unpaired) electrons. The zero-order chi connectivity index (χ0) is 20.3. The van der Waals surface area contributed by atoms with Crippen LogP contribution in [0.2, 0.25) is 0 Å². The lowest BCUT2D eigenvalue weighted by Gasteiger charge is -2.16. The molecule has 0 aliphatic heterocycles. The Morgan fingerprint density at radius 2 is 2.04 bits per heavy atom. The molecule has 0 aliphatic carbocycles. The van der Waals surface area contributed by atoms with Crippen LogP contribution in [0.5, 0.6) is 0 Å². The summed E-state index contributed by atoms with van der Waals surface area (Å²) in [6.45, 7) is 0. The lowest BCUT2D eigenvalue weighted by molar-refractivity contribution is -0.383. The topological polar surface area (TPSA) is 140 Å². The van der Waals surface area contributed by atoms with Crippen LogP contribution in [-0.4, -0.2) is 34.9 Å². The number of nitro groups is 1. The highest BCUT2D eigenvalue weighted by Gasteiger charge is 2.25. The van der Waals surface area contributed by atoms with E-state index in [1.54, 1.807) is 6.20 Å². The Labute approximate surface area is 159 Å². The number of hydrogen-bond donors (Lipinski definition) is 3. The van der Waals surface area contributed by atoms with Crippen LogP contribution in [0.4, 0.5) is 11.4 Å². The molecule has 1 atom stereocenters. The minimum absolute atomic E-state index is 0.0220. The number of benzene rings is 2. The molecule has 4 N–H and O–H groups in total. The van der Waals surface area contributed by atoms with Gasteiger partial charge in [-0.3, -0.25) is 14.9 Å². The second-order valence-corrected chi connectivity index (χ2v) is 6.14. The molecule has 1 heterocycles. The lowest BCUT2D eigenvalue weighted by atomic mass is 10.0. The van der Waals surface area contributed by atoms with Crippen molar-refractivity contribution in [3.8, 4) is 0 Å². The van der Waals surface area contributed by atoms with Gasteiger partial charge in [0.1, 0.15) is 11.7 Å². The molecule has 3 aromatic rings. The molecular formula is C19H18N4O5. The van der Waals surface area contributed by atoms with Crippen molar-refractivity contribution < 1.29 is 19.2 Å². The van der Waals surface area contributed by atoms with Crippen molar-refractivity contribution in [2.45, 2.75) is 12.5 Å². The molecule has 28 heavy (non-hydrogen) atoms. The van der Waals surface area contributed by atoms with E-state index in [4.69, 9.17) is 10.5 Å². The molecular weight excluding hydrogens is 364 g/mol. The van der Waals surface area contributed by atoms with Crippen molar-refractivity contribution in [2.24, 2.45) is 0 Å². The number of amides is 1. The third-order valence-electron chi connectivity index (χ3n) is 4.38. The number of aromatic nitrogens is 1. The summed E-state index contributed by atoms with van der Waals surface area (Å²) < 4.78 is 4.80. The molecule has 1 amide bonds. The highest BCUT2D eigenvalue weighted by molar-refractivity contribution is 5.98. The highest BCUT2D eigenvalue weighted by Crippen LogP contribution is 2.23. The van der Waals surface area contributed by atoms with Crippen molar-refractivity contribution >= 4 is 34.2 Å². The van der Waals surface area contributed by atoms with Crippen LogP contribution in [0.3, 0.4) is 0 Å². The first-order valence-corrected chi connectivity index (χ1v) is 8.38. The van der Waals surface area contributed by atoms with E-state index in [-0.39, 0.29) is 23.4 Å². The predicted molar refractivity (Wildman–Crippen MR) is 103 cm³/mol. The molecule has 3 rings (SSSR count). The molecule has 144 valence electrons. The second kappa shape index (κ2) is 7.78. The molecule has 9 nitrogen and oxygen atoms in total. The Balaban J connectivity index is 1.85. The van der Waals surface area contributed by atoms with Crippen molar-refractivity contribution in [1.29, 1.82) is 0 Å². The van der Waals surface area contributed by atoms with Gasteiger partial charge in [-0.2, -0.15) is 0 Å². The summed E-state index contributed by atoms with van der Waals surface area (Å²) in [5.74, 6) is -1.26. The Hall–Kier alpha value is -3.88. The number of esters is 1. The van der Waals surface area contributed by atoms with Crippen LogP contribution in [0.1, 0.15) is 15.9 Å². The van der Waals surface area contributed by atoms with Gasteiger partial charge in [-0.05, 0) is 23.8 Å². The van der Waals surface area contributed by atoms with Gasteiger partial charge in [0.05, 0.1) is 12.0 Å². The molecule has 0 saturated carbocycles. The number of hydrogen-bond acceptors (Lipinski definition) is 6. The first-order chi connectivity index (χ1) is 13.4. The minimum atomic E-state index is -0.965. The van der Waals surface area contributed by atoms with Gasteiger partial charge in [-0.15, -0.1) is 0 Å². The number of H-pyrrole nitrogens is 1. The van der Waals surface area contributed by atoms with E-state index in [1.807, 2.05) is 24.3 Å². The van der Waals surface area contributed by atoms with Crippen molar-refractivity contribution in [3.63, 3.8) is 0 Å². The van der Waals surface area contributed by atoms with Gasteiger partial charge < -0.3 is 20.8 Å². The number of nitro benzene ring substituents is 1. The van der Waals surface area contributed by atoms with E-state index in [9.17, 15) is 19.7 Å². The zero-order valence-electron chi connectivity index (χ0n) is 15.0. The number of rotatable bonds is 6. The van der Waals surface area contributed by atoms with Gasteiger partial charge in [0, 0.05) is 35.2 Å². The normalized spacial score (nSPS) is 11.8. The monoisotopic (exact) mass is 382 g/mol. The van der Waals surface area contributed by atoms with E-state index in [0.717, 1.165) is 22.5 Å². The maximum atomic E-state index is 12.6. The summed E-state index contributed by atoms with van der Waals surface area (Å²) in [5.41, 5.74) is 6.88. The summed E-state index contributed by atoms with van der Waals surface area (Å²) in [6, 6.07) is 10.3. The number of carbonyl (C=O) groups is 2. The van der Waals surface area contributed by atoms with Crippen LogP contribution in [0.25, 0.3) is 10.9 Å². The Bertz CT molecular complexity index is 1060. The van der Waals surface area contributed by atoms with E-state index < -0.39 is 22.8 Å². The number of anilines is 1. The van der Waals surface area contributed by atoms with E-state index in [1.165, 1.54) is 19.2 Å². The first kappa shape index (κ1) is 18.9. The molecule has 2 aromatic carbocycles. The number of methoxy groups -OCH3 is 1. The fraction of sp³-hybridized carbons (Fsp3) is 0.158. The Morgan fingerprint density at radius 1 is 1.29 bits per heavy atom. The number of nitrogen functional groups attached to an aromatic ring is 1. The fourth-order valence-corrected chi connectivity index (χ4v) is 2.94. The van der Waals surface area contributed by atoms with Crippen molar-refractivity contribution in [2.75, 3.05) is 12.8 Å². The smallest absolute Gasteiger partial charge is 0.328 e. The summed E-state index contributed by atoms with van der Waals surface area (Å²) >= 11 is 0. The average molecular weight is 382 g/mol.